The quantitative estimate of drug-likeness (QED) is 0.909. The third-order valence-corrected chi connectivity index (χ3v) is 4.35. The first-order valence-electron chi connectivity index (χ1n) is 7.08. The molecule has 1 aliphatic rings. The minimum atomic E-state index is -0.125. The van der Waals surface area contributed by atoms with Crippen LogP contribution in [0.25, 0.3) is 0 Å². The van der Waals surface area contributed by atoms with Gasteiger partial charge in [-0.25, -0.2) is 4.39 Å². The van der Waals surface area contributed by atoms with Crippen LogP contribution in [0, 0.1) is 5.82 Å². The van der Waals surface area contributed by atoms with Crippen LogP contribution in [0.4, 0.5) is 4.39 Å². The van der Waals surface area contributed by atoms with Gasteiger partial charge in [-0.1, -0.05) is 22.9 Å². The summed E-state index contributed by atoms with van der Waals surface area (Å²) in [6.45, 7) is 6.30. The van der Waals surface area contributed by atoms with E-state index >= 15 is 0 Å². The van der Waals surface area contributed by atoms with Crippen molar-refractivity contribution in [2.24, 2.45) is 0 Å². The van der Waals surface area contributed by atoms with Gasteiger partial charge in [0.2, 0.25) is 0 Å². The number of nitrogens with zero attached hydrogens (tertiary/aromatic N) is 1. The Labute approximate surface area is 123 Å². The second-order valence-electron chi connectivity index (χ2n) is 5.18. The molecule has 0 spiro atoms. The number of halogens is 2. The fourth-order valence-electron chi connectivity index (χ4n) is 2.61. The van der Waals surface area contributed by atoms with Gasteiger partial charge in [0.05, 0.1) is 0 Å². The SMILES string of the molecule is CCN1CCCC(NCc2cc(Br)ccc2F)CC1. The number of hydrogen-bond acceptors (Lipinski definition) is 2. The molecule has 1 atom stereocenters. The van der Waals surface area contributed by atoms with Crippen molar-refractivity contribution < 1.29 is 4.39 Å². The van der Waals surface area contributed by atoms with E-state index in [0.29, 0.717) is 12.6 Å². The van der Waals surface area contributed by atoms with Crippen LogP contribution in [-0.2, 0) is 6.54 Å². The standard InChI is InChI=1S/C15H22BrFN2/c1-2-19-8-3-4-14(7-9-19)18-11-12-10-13(16)5-6-15(12)17/h5-6,10,14,18H,2-4,7-9,11H2,1H3. The van der Waals surface area contributed by atoms with Crippen molar-refractivity contribution in [3.8, 4) is 0 Å². The lowest BCUT2D eigenvalue weighted by Crippen LogP contribution is -2.30. The van der Waals surface area contributed by atoms with Crippen LogP contribution in [0.5, 0.6) is 0 Å². The molecule has 0 radical (unpaired) electrons. The largest absolute Gasteiger partial charge is 0.310 e. The summed E-state index contributed by atoms with van der Waals surface area (Å²) in [5, 5.41) is 3.50. The van der Waals surface area contributed by atoms with Crippen LogP contribution in [-0.4, -0.2) is 30.6 Å². The molecule has 0 aromatic heterocycles. The van der Waals surface area contributed by atoms with Gasteiger partial charge in [0.1, 0.15) is 5.82 Å². The highest BCUT2D eigenvalue weighted by molar-refractivity contribution is 9.10. The number of likely N-dealkylation sites (tertiary alicyclic amines) is 1. The Hall–Kier alpha value is -0.450. The Morgan fingerprint density at radius 3 is 3.00 bits per heavy atom. The van der Waals surface area contributed by atoms with E-state index in [2.05, 4.69) is 33.1 Å². The molecule has 0 saturated carbocycles. The summed E-state index contributed by atoms with van der Waals surface area (Å²) in [6, 6.07) is 5.63. The number of hydrogen-bond donors (Lipinski definition) is 1. The maximum atomic E-state index is 13.7. The summed E-state index contributed by atoms with van der Waals surface area (Å²) in [5.41, 5.74) is 0.742. The molecule has 1 saturated heterocycles. The van der Waals surface area contributed by atoms with Crippen molar-refractivity contribution in [3.63, 3.8) is 0 Å². The zero-order valence-corrected chi connectivity index (χ0v) is 13.0. The van der Waals surface area contributed by atoms with Crippen molar-refractivity contribution in [2.45, 2.75) is 38.8 Å². The molecule has 1 heterocycles. The zero-order chi connectivity index (χ0) is 13.7. The van der Waals surface area contributed by atoms with Crippen molar-refractivity contribution in [1.29, 1.82) is 0 Å². The first kappa shape index (κ1) is 14.9. The summed E-state index contributed by atoms with van der Waals surface area (Å²) in [7, 11) is 0. The van der Waals surface area contributed by atoms with E-state index in [4.69, 9.17) is 0 Å². The maximum Gasteiger partial charge on any atom is 0.127 e. The van der Waals surface area contributed by atoms with Gasteiger partial charge in [-0.3, -0.25) is 0 Å². The van der Waals surface area contributed by atoms with Gasteiger partial charge < -0.3 is 10.2 Å². The highest BCUT2D eigenvalue weighted by atomic mass is 79.9. The fourth-order valence-corrected chi connectivity index (χ4v) is 3.02. The third kappa shape index (κ3) is 4.55. The average Bonchev–Trinajstić information content (AvgIpc) is 2.65. The summed E-state index contributed by atoms with van der Waals surface area (Å²) >= 11 is 3.39. The highest BCUT2D eigenvalue weighted by Gasteiger charge is 2.15. The number of nitrogens with one attached hydrogen (secondary N) is 1. The van der Waals surface area contributed by atoms with E-state index in [1.165, 1.54) is 25.5 Å². The minimum Gasteiger partial charge on any atom is -0.310 e. The van der Waals surface area contributed by atoms with Crippen molar-refractivity contribution in [3.05, 3.63) is 34.1 Å². The molecule has 1 N–H and O–H groups in total. The monoisotopic (exact) mass is 328 g/mol. The Morgan fingerprint density at radius 1 is 1.37 bits per heavy atom. The molecule has 4 heteroatoms. The van der Waals surface area contributed by atoms with E-state index in [0.717, 1.165) is 29.5 Å². The minimum absolute atomic E-state index is 0.125. The van der Waals surface area contributed by atoms with E-state index in [1.54, 1.807) is 6.07 Å². The predicted molar refractivity (Wildman–Crippen MR) is 80.7 cm³/mol. The second-order valence-corrected chi connectivity index (χ2v) is 6.09. The molecule has 0 bridgehead atoms. The summed E-state index contributed by atoms with van der Waals surface area (Å²) in [5.74, 6) is -0.125. The zero-order valence-electron chi connectivity index (χ0n) is 11.5. The summed E-state index contributed by atoms with van der Waals surface area (Å²) in [6.07, 6.45) is 3.57. The van der Waals surface area contributed by atoms with E-state index in [1.807, 2.05) is 6.07 Å². The van der Waals surface area contributed by atoms with Crippen molar-refractivity contribution in [1.82, 2.24) is 10.2 Å². The molecule has 0 aliphatic carbocycles. The molecular formula is C15H22BrFN2. The van der Waals surface area contributed by atoms with Crippen LogP contribution in [0.1, 0.15) is 31.7 Å². The van der Waals surface area contributed by atoms with Crippen molar-refractivity contribution in [2.75, 3.05) is 19.6 Å². The Bertz CT molecular complexity index is 411. The van der Waals surface area contributed by atoms with Gasteiger partial charge in [-0.2, -0.15) is 0 Å². The van der Waals surface area contributed by atoms with Crippen LogP contribution in [0.15, 0.2) is 22.7 Å². The normalized spacial score (nSPS) is 21.3. The van der Waals surface area contributed by atoms with Crippen LogP contribution >= 0.6 is 15.9 Å². The lowest BCUT2D eigenvalue weighted by atomic mass is 10.1. The maximum absolute atomic E-state index is 13.7. The molecule has 1 aromatic rings. The number of benzene rings is 1. The predicted octanol–water partition coefficient (Wildman–Crippen LogP) is 3.55. The van der Waals surface area contributed by atoms with Crippen LogP contribution in [0.2, 0.25) is 0 Å². The topological polar surface area (TPSA) is 15.3 Å². The average molecular weight is 329 g/mol. The van der Waals surface area contributed by atoms with Crippen LogP contribution < -0.4 is 5.32 Å². The molecule has 2 nitrogen and oxygen atoms in total. The third-order valence-electron chi connectivity index (χ3n) is 3.86. The van der Waals surface area contributed by atoms with Gasteiger partial charge in [-0.05, 0) is 57.1 Å². The molecule has 2 rings (SSSR count). The Balaban J connectivity index is 1.86. The highest BCUT2D eigenvalue weighted by Crippen LogP contribution is 2.17. The van der Waals surface area contributed by atoms with Gasteiger partial charge in [0.25, 0.3) is 0 Å². The molecular weight excluding hydrogens is 307 g/mol. The molecule has 1 aliphatic heterocycles. The molecule has 1 unspecified atom stereocenters. The van der Waals surface area contributed by atoms with Gasteiger partial charge in [0.15, 0.2) is 0 Å². The van der Waals surface area contributed by atoms with Gasteiger partial charge >= 0.3 is 0 Å². The second kappa shape index (κ2) is 7.36. The molecule has 1 aromatic carbocycles. The molecule has 106 valence electrons. The van der Waals surface area contributed by atoms with Crippen molar-refractivity contribution >= 4 is 15.9 Å². The summed E-state index contributed by atoms with van der Waals surface area (Å²) < 4.78 is 14.6. The molecule has 0 amide bonds. The molecule has 19 heavy (non-hydrogen) atoms. The van der Waals surface area contributed by atoms with E-state index < -0.39 is 0 Å². The van der Waals surface area contributed by atoms with Gasteiger partial charge in [-0.15, -0.1) is 0 Å². The Morgan fingerprint density at radius 2 is 2.21 bits per heavy atom. The lowest BCUT2D eigenvalue weighted by molar-refractivity contribution is 0.297. The lowest BCUT2D eigenvalue weighted by Gasteiger charge is -2.18. The molecule has 1 fully saturated rings. The first-order chi connectivity index (χ1) is 9.19. The smallest absolute Gasteiger partial charge is 0.127 e. The fraction of sp³-hybridized carbons (Fsp3) is 0.600. The summed E-state index contributed by atoms with van der Waals surface area (Å²) in [4.78, 5) is 2.49. The number of rotatable bonds is 4. The Kier molecular flexibility index (Phi) is 5.79. The van der Waals surface area contributed by atoms with Crippen LogP contribution in [0.3, 0.4) is 0 Å². The van der Waals surface area contributed by atoms with E-state index in [9.17, 15) is 4.39 Å². The van der Waals surface area contributed by atoms with Gasteiger partial charge in [0, 0.05) is 22.6 Å². The van der Waals surface area contributed by atoms with E-state index in [-0.39, 0.29) is 5.82 Å². The first-order valence-corrected chi connectivity index (χ1v) is 7.88.